The molecule has 1 aromatic heterocycles. The molecule has 0 radical (unpaired) electrons. The van der Waals surface area contributed by atoms with Gasteiger partial charge in [0, 0.05) is 10.6 Å². The van der Waals surface area contributed by atoms with E-state index in [2.05, 4.69) is 15.5 Å². The number of aromatic amines is 1. The van der Waals surface area contributed by atoms with E-state index in [9.17, 15) is 18.0 Å². The fourth-order valence-corrected chi connectivity index (χ4v) is 2.48. The van der Waals surface area contributed by atoms with E-state index in [0.717, 1.165) is 0 Å². The number of thioether (sulfide) groups is 1. The van der Waals surface area contributed by atoms with Gasteiger partial charge in [0.05, 0.1) is 16.9 Å². The van der Waals surface area contributed by atoms with Crippen LogP contribution in [0.25, 0.3) is 0 Å². The number of benzene rings is 1. The summed E-state index contributed by atoms with van der Waals surface area (Å²) in [7, 11) is 0. The largest absolute Gasteiger partial charge is 0.446 e. The number of anilines is 1. The van der Waals surface area contributed by atoms with Gasteiger partial charge in [-0.1, -0.05) is 12.1 Å². The molecule has 0 saturated heterocycles. The molecule has 0 saturated carbocycles. The molecule has 21 heavy (non-hydrogen) atoms. The van der Waals surface area contributed by atoms with Gasteiger partial charge in [-0.05, 0) is 37.7 Å². The zero-order chi connectivity index (χ0) is 15.6. The van der Waals surface area contributed by atoms with Crippen molar-refractivity contribution in [1.29, 1.82) is 0 Å². The second kappa shape index (κ2) is 5.80. The maximum atomic E-state index is 12.5. The first kappa shape index (κ1) is 15.4. The fraction of sp³-hybridized carbons (Fsp3) is 0.231. The smallest absolute Gasteiger partial charge is 0.321 e. The van der Waals surface area contributed by atoms with Gasteiger partial charge >= 0.3 is 5.51 Å². The molecule has 112 valence electrons. The minimum absolute atomic E-state index is 0.0582. The third kappa shape index (κ3) is 3.78. The number of rotatable bonds is 3. The van der Waals surface area contributed by atoms with Crippen molar-refractivity contribution in [2.75, 3.05) is 5.32 Å². The van der Waals surface area contributed by atoms with Crippen LogP contribution in [0.4, 0.5) is 18.9 Å². The molecule has 0 spiro atoms. The summed E-state index contributed by atoms with van der Waals surface area (Å²) >= 11 is -0.263. The lowest BCUT2D eigenvalue weighted by Crippen LogP contribution is -2.14. The Bertz CT molecular complexity index is 647. The third-order valence-electron chi connectivity index (χ3n) is 2.72. The Morgan fingerprint density at radius 3 is 2.52 bits per heavy atom. The molecule has 2 aromatic rings. The van der Waals surface area contributed by atoms with E-state index in [1.54, 1.807) is 19.9 Å². The van der Waals surface area contributed by atoms with Crippen molar-refractivity contribution in [2.24, 2.45) is 0 Å². The maximum absolute atomic E-state index is 12.5. The van der Waals surface area contributed by atoms with Crippen molar-refractivity contribution >= 4 is 23.4 Å². The number of hydrogen-bond donors (Lipinski definition) is 2. The Morgan fingerprint density at radius 1 is 1.29 bits per heavy atom. The molecule has 0 aliphatic rings. The van der Waals surface area contributed by atoms with Gasteiger partial charge in [-0.15, -0.1) is 0 Å². The van der Waals surface area contributed by atoms with Crippen LogP contribution < -0.4 is 5.32 Å². The average Bonchev–Trinajstić information content (AvgIpc) is 2.70. The van der Waals surface area contributed by atoms with Crippen LogP contribution in [-0.2, 0) is 0 Å². The van der Waals surface area contributed by atoms with Crippen molar-refractivity contribution in [2.45, 2.75) is 24.3 Å². The lowest BCUT2D eigenvalue weighted by molar-refractivity contribution is -0.0328. The highest BCUT2D eigenvalue weighted by molar-refractivity contribution is 8.00. The summed E-state index contributed by atoms with van der Waals surface area (Å²) in [5.41, 5.74) is -2.91. The zero-order valence-electron chi connectivity index (χ0n) is 11.2. The van der Waals surface area contributed by atoms with Crippen LogP contribution >= 0.6 is 11.8 Å². The predicted molar refractivity (Wildman–Crippen MR) is 74.4 cm³/mol. The van der Waals surface area contributed by atoms with E-state index < -0.39 is 11.4 Å². The Hall–Kier alpha value is -1.96. The molecule has 8 heteroatoms. The molecule has 0 aliphatic carbocycles. The molecule has 0 bridgehead atoms. The van der Waals surface area contributed by atoms with E-state index in [0.29, 0.717) is 17.0 Å². The van der Waals surface area contributed by atoms with E-state index in [1.165, 1.54) is 18.2 Å². The van der Waals surface area contributed by atoms with Gasteiger partial charge in [0.2, 0.25) is 0 Å². The summed E-state index contributed by atoms with van der Waals surface area (Å²) in [6.45, 7) is 3.32. The van der Waals surface area contributed by atoms with Gasteiger partial charge in [-0.2, -0.15) is 18.3 Å². The standard InChI is InChI=1S/C13H12F3N3OS/c1-7-11(8(2)19-18-7)12(20)17-9-5-3-4-6-10(9)21-13(14,15)16/h3-6H,1-2H3,(H,17,20)(H,18,19). The summed E-state index contributed by atoms with van der Waals surface area (Å²) < 4.78 is 37.5. The maximum Gasteiger partial charge on any atom is 0.446 e. The Labute approximate surface area is 123 Å². The second-order valence-electron chi connectivity index (χ2n) is 4.31. The van der Waals surface area contributed by atoms with Crippen LogP contribution in [0.2, 0.25) is 0 Å². The van der Waals surface area contributed by atoms with Crippen molar-refractivity contribution in [3.63, 3.8) is 0 Å². The van der Waals surface area contributed by atoms with E-state index in [4.69, 9.17) is 0 Å². The van der Waals surface area contributed by atoms with Gasteiger partial charge < -0.3 is 5.32 Å². The number of hydrogen-bond acceptors (Lipinski definition) is 3. The van der Waals surface area contributed by atoms with Crippen LogP contribution in [-0.4, -0.2) is 21.6 Å². The number of alkyl halides is 3. The number of carbonyl (C=O) groups is 1. The number of nitrogens with one attached hydrogen (secondary N) is 2. The zero-order valence-corrected chi connectivity index (χ0v) is 12.0. The second-order valence-corrected chi connectivity index (χ2v) is 5.41. The first-order chi connectivity index (χ1) is 9.78. The minimum Gasteiger partial charge on any atom is -0.321 e. The number of amides is 1. The number of H-pyrrole nitrogens is 1. The molecule has 1 heterocycles. The fourth-order valence-electron chi connectivity index (χ4n) is 1.85. The minimum atomic E-state index is -4.41. The highest BCUT2D eigenvalue weighted by Gasteiger charge is 2.30. The molecule has 0 aliphatic heterocycles. The van der Waals surface area contributed by atoms with Gasteiger partial charge in [0.1, 0.15) is 0 Å². The molecule has 0 unspecified atom stereocenters. The van der Waals surface area contributed by atoms with Crippen LogP contribution in [0.3, 0.4) is 0 Å². The van der Waals surface area contributed by atoms with Crippen LogP contribution in [0.15, 0.2) is 29.2 Å². The van der Waals surface area contributed by atoms with E-state index in [1.807, 2.05) is 0 Å². The number of halogens is 3. The van der Waals surface area contributed by atoms with Crippen LogP contribution in [0, 0.1) is 13.8 Å². The molecule has 1 amide bonds. The molecular formula is C13H12F3N3OS. The third-order valence-corrected chi connectivity index (χ3v) is 3.52. The molecule has 0 fully saturated rings. The quantitative estimate of drug-likeness (QED) is 0.845. The van der Waals surface area contributed by atoms with Crippen molar-refractivity contribution in [1.82, 2.24) is 10.2 Å². The van der Waals surface area contributed by atoms with Gasteiger partial charge in [-0.25, -0.2) is 0 Å². The topological polar surface area (TPSA) is 57.8 Å². The first-order valence-corrected chi connectivity index (χ1v) is 6.77. The highest BCUT2D eigenvalue weighted by Crippen LogP contribution is 2.40. The molecule has 1 aromatic carbocycles. The SMILES string of the molecule is Cc1n[nH]c(C)c1C(=O)Nc1ccccc1SC(F)(F)F. The predicted octanol–water partition coefficient (Wildman–Crippen LogP) is 3.89. The van der Waals surface area contributed by atoms with E-state index >= 15 is 0 Å². The Balaban J connectivity index is 2.26. The number of nitrogens with zero attached hydrogens (tertiary/aromatic N) is 1. The summed E-state index contributed by atoms with van der Waals surface area (Å²) in [6, 6.07) is 5.78. The Kier molecular flexibility index (Phi) is 4.26. The molecule has 2 N–H and O–H groups in total. The molecule has 0 atom stereocenters. The summed E-state index contributed by atoms with van der Waals surface area (Å²) in [4.78, 5) is 12.1. The van der Waals surface area contributed by atoms with Crippen molar-refractivity contribution < 1.29 is 18.0 Å². The highest BCUT2D eigenvalue weighted by atomic mass is 32.2. The lowest BCUT2D eigenvalue weighted by Gasteiger charge is -2.12. The number of carbonyl (C=O) groups excluding carboxylic acids is 1. The van der Waals surface area contributed by atoms with E-state index in [-0.39, 0.29) is 22.3 Å². The van der Waals surface area contributed by atoms with Gasteiger partial charge in [0.15, 0.2) is 0 Å². The van der Waals surface area contributed by atoms with Crippen molar-refractivity contribution in [3.05, 3.63) is 41.2 Å². The summed E-state index contributed by atoms with van der Waals surface area (Å²) in [5.74, 6) is -0.492. The first-order valence-electron chi connectivity index (χ1n) is 5.95. The number of para-hydroxylation sites is 1. The molecule has 2 rings (SSSR count). The Morgan fingerprint density at radius 2 is 1.95 bits per heavy atom. The normalized spacial score (nSPS) is 11.5. The average molecular weight is 315 g/mol. The van der Waals surface area contributed by atoms with Gasteiger partial charge in [0.25, 0.3) is 5.91 Å². The van der Waals surface area contributed by atoms with Crippen LogP contribution in [0.1, 0.15) is 21.7 Å². The molecular weight excluding hydrogens is 303 g/mol. The molecule has 4 nitrogen and oxygen atoms in total. The summed E-state index contributed by atoms with van der Waals surface area (Å²) in [5, 5.41) is 9.05. The summed E-state index contributed by atoms with van der Waals surface area (Å²) in [6.07, 6.45) is 0. The lowest BCUT2D eigenvalue weighted by atomic mass is 10.2. The monoisotopic (exact) mass is 315 g/mol. The number of aryl methyl sites for hydroxylation is 2. The van der Waals surface area contributed by atoms with Crippen molar-refractivity contribution in [3.8, 4) is 0 Å². The van der Waals surface area contributed by atoms with Gasteiger partial charge in [-0.3, -0.25) is 9.89 Å². The number of aromatic nitrogens is 2. The van der Waals surface area contributed by atoms with Crippen LogP contribution in [0.5, 0.6) is 0 Å².